The summed E-state index contributed by atoms with van der Waals surface area (Å²) in [5.74, 6) is 1.39. The summed E-state index contributed by atoms with van der Waals surface area (Å²) in [6.07, 6.45) is 1.50. The van der Waals surface area contributed by atoms with Gasteiger partial charge in [0.1, 0.15) is 17.6 Å². The van der Waals surface area contributed by atoms with Crippen LogP contribution in [0.5, 0.6) is 5.75 Å². The number of hydrogen-bond donors (Lipinski definition) is 2. The number of nitrogens with zero attached hydrogens (tertiary/aromatic N) is 6. The van der Waals surface area contributed by atoms with Crippen molar-refractivity contribution >= 4 is 44.6 Å². The molecule has 2 aliphatic heterocycles. The van der Waals surface area contributed by atoms with Gasteiger partial charge in [0.05, 0.1) is 24.0 Å². The minimum absolute atomic E-state index is 0.0276. The van der Waals surface area contributed by atoms with E-state index >= 15 is 0 Å². The summed E-state index contributed by atoms with van der Waals surface area (Å²) in [5, 5.41) is 8.72. The normalized spacial score (nSPS) is 17.1. The lowest BCUT2D eigenvalue weighted by molar-refractivity contribution is -0.130. The van der Waals surface area contributed by atoms with Gasteiger partial charge in [-0.1, -0.05) is 6.07 Å². The Labute approximate surface area is 236 Å². The number of aromatic nitrogens is 3. The van der Waals surface area contributed by atoms with Crippen LogP contribution < -0.4 is 15.8 Å². The third-order valence-electron chi connectivity index (χ3n) is 7.84. The quantitative estimate of drug-likeness (QED) is 0.367. The fraction of sp³-hybridized carbons (Fsp3) is 0.429. The van der Waals surface area contributed by atoms with Gasteiger partial charge in [0.2, 0.25) is 11.8 Å². The second kappa shape index (κ2) is 10.7. The molecule has 5 heterocycles. The van der Waals surface area contributed by atoms with E-state index in [1.807, 2.05) is 9.42 Å². The van der Waals surface area contributed by atoms with Gasteiger partial charge >= 0.3 is 0 Å². The van der Waals surface area contributed by atoms with Crippen molar-refractivity contribution in [1.29, 1.82) is 0 Å². The number of nitrogens with two attached hydrogens (primary N) is 1. The molecular weight excluding hydrogens is 528 g/mol. The number of aryl methyl sites for hydroxylation is 1. The lowest BCUT2D eigenvalue weighted by Crippen LogP contribution is -2.48. The van der Waals surface area contributed by atoms with E-state index in [1.54, 1.807) is 25.4 Å². The lowest BCUT2D eigenvalue weighted by atomic mass is 10.0. The molecule has 2 fully saturated rings. The number of benzene rings is 1. The number of nitrogen functional groups attached to an aromatic ring is 1. The molecule has 0 aliphatic carbocycles. The van der Waals surface area contributed by atoms with Crippen molar-refractivity contribution in [1.82, 2.24) is 34.6 Å². The zero-order chi connectivity index (χ0) is 28.0. The van der Waals surface area contributed by atoms with Crippen LogP contribution in [0.3, 0.4) is 0 Å². The van der Waals surface area contributed by atoms with Crippen molar-refractivity contribution in [2.45, 2.75) is 26.9 Å². The highest BCUT2D eigenvalue weighted by molar-refractivity contribution is 7.22. The van der Waals surface area contributed by atoms with Crippen LogP contribution in [0.25, 0.3) is 26.0 Å². The fourth-order valence-corrected chi connectivity index (χ4v) is 7.05. The number of methoxy groups -OCH3 is 1. The van der Waals surface area contributed by atoms with Crippen molar-refractivity contribution in [2.24, 2.45) is 0 Å². The van der Waals surface area contributed by atoms with Crippen molar-refractivity contribution in [3.63, 3.8) is 0 Å². The van der Waals surface area contributed by atoms with E-state index in [2.05, 4.69) is 50.3 Å². The zero-order valence-electron chi connectivity index (χ0n) is 23.1. The van der Waals surface area contributed by atoms with Crippen molar-refractivity contribution in [3.05, 3.63) is 41.3 Å². The second-order valence-corrected chi connectivity index (χ2v) is 11.6. The molecule has 0 bridgehead atoms. The van der Waals surface area contributed by atoms with Crippen molar-refractivity contribution in [2.75, 3.05) is 58.7 Å². The van der Waals surface area contributed by atoms with Gasteiger partial charge in [0, 0.05) is 75.3 Å². The first-order chi connectivity index (χ1) is 19.3. The van der Waals surface area contributed by atoms with Gasteiger partial charge in [0.25, 0.3) is 0 Å². The summed E-state index contributed by atoms with van der Waals surface area (Å²) < 4.78 is 8.74. The standard InChI is InChI=1S/C28H34N8O3S/c1-17-10-19-12-23(40-27(19)22(11-17)39-3)25-20(13-34-5-4-30-24(38)15-34)21(36-26(25)28(29)31-16-32-36)14-33-6-8-35(9-7-33)18(2)37/h10-12,16H,4-9,13-15H2,1-3H3,(H,30,38)(H2,29,31,32). The van der Waals surface area contributed by atoms with E-state index in [0.29, 0.717) is 45.1 Å². The molecule has 0 spiro atoms. The summed E-state index contributed by atoms with van der Waals surface area (Å²) in [4.78, 5) is 36.1. The number of thiophene rings is 1. The van der Waals surface area contributed by atoms with E-state index in [0.717, 1.165) is 68.2 Å². The Bertz CT molecular complexity index is 1600. The first-order valence-corrected chi connectivity index (χ1v) is 14.3. The highest BCUT2D eigenvalue weighted by Gasteiger charge is 2.29. The summed E-state index contributed by atoms with van der Waals surface area (Å²) in [6, 6.07) is 6.41. The third-order valence-corrected chi connectivity index (χ3v) is 9.03. The molecule has 0 radical (unpaired) electrons. The van der Waals surface area contributed by atoms with Gasteiger partial charge < -0.3 is 20.7 Å². The topological polar surface area (TPSA) is 121 Å². The molecule has 3 aromatic heterocycles. The lowest BCUT2D eigenvalue weighted by Gasteiger charge is -2.34. The van der Waals surface area contributed by atoms with E-state index in [1.165, 1.54) is 6.33 Å². The average Bonchev–Trinajstić information content (AvgIpc) is 3.48. The third kappa shape index (κ3) is 4.87. The second-order valence-electron chi connectivity index (χ2n) is 10.5. The first kappa shape index (κ1) is 26.5. The minimum atomic E-state index is 0.0276. The molecule has 4 aromatic rings. The number of anilines is 1. The van der Waals surface area contributed by atoms with E-state index < -0.39 is 0 Å². The summed E-state index contributed by atoms with van der Waals surface area (Å²) >= 11 is 1.67. The number of hydrogen-bond acceptors (Lipinski definition) is 9. The van der Waals surface area contributed by atoms with E-state index in [4.69, 9.17) is 10.5 Å². The summed E-state index contributed by atoms with van der Waals surface area (Å²) in [7, 11) is 1.70. The number of carbonyl (C=O) groups is 2. The van der Waals surface area contributed by atoms with Crippen LogP contribution in [0.4, 0.5) is 5.82 Å². The Kier molecular flexibility index (Phi) is 7.07. The van der Waals surface area contributed by atoms with Crippen LogP contribution >= 0.6 is 11.3 Å². The Morgan fingerprint density at radius 1 is 1.12 bits per heavy atom. The molecule has 2 saturated heterocycles. The molecule has 1 aromatic carbocycles. The molecule has 210 valence electrons. The van der Waals surface area contributed by atoms with Crippen LogP contribution in [-0.4, -0.2) is 94.0 Å². The predicted molar refractivity (Wildman–Crippen MR) is 155 cm³/mol. The average molecular weight is 563 g/mol. The number of carbonyl (C=O) groups excluding carboxylic acids is 2. The Hall–Kier alpha value is -3.74. The Morgan fingerprint density at radius 3 is 2.65 bits per heavy atom. The van der Waals surface area contributed by atoms with E-state index in [9.17, 15) is 9.59 Å². The molecule has 11 nitrogen and oxygen atoms in total. The van der Waals surface area contributed by atoms with Crippen LogP contribution in [0.15, 0.2) is 24.5 Å². The Morgan fingerprint density at radius 2 is 1.93 bits per heavy atom. The van der Waals surface area contributed by atoms with Crippen LogP contribution in [0, 0.1) is 6.92 Å². The largest absolute Gasteiger partial charge is 0.495 e. The Balaban J connectivity index is 1.51. The predicted octanol–water partition coefficient (Wildman–Crippen LogP) is 2.11. The smallest absolute Gasteiger partial charge is 0.234 e. The molecule has 40 heavy (non-hydrogen) atoms. The monoisotopic (exact) mass is 562 g/mol. The fourth-order valence-electron chi connectivity index (χ4n) is 5.84. The van der Waals surface area contributed by atoms with Gasteiger partial charge in [-0.3, -0.25) is 19.4 Å². The summed E-state index contributed by atoms with van der Waals surface area (Å²) in [5.41, 5.74) is 11.6. The van der Waals surface area contributed by atoms with Gasteiger partial charge in [-0.15, -0.1) is 11.3 Å². The number of nitrogens with one attached hydrogen (secondary N) is 1. The molecule has 6 rings (SSSR count). The van der Waals surface area contributed by atoms with Crippen molar-refractivity contribution in [3.8, 4) is 16.2 Å². The van der Waals surface area contributed by atoms with Crippen LogP contribution in [0.2, 0.25) is 0 Å². The molecule has 0 atom stereocenters. The maximum atomic E-state index is 12.3. The van der Waals surface area contributed by atoms with E-state index in [-0.39, 0.29) is 11.8 Å². The summed E-state index contributed by atoms with van der Waals surface area (Å²) in [6.45, 7) is 9.56. The zero-order valence-corrected chi connectivity index (χ0v) is 23.9. The molecule has 2 amide bonds. The number of piperazine rings is 2. The van der Waals surface area contributed by atoms with Crippen molar-refractivity contribution < 1.29 is 14.3 Å². The molecule has 2 aliphatic rings. The number of rotatable bonds is 6. The first-order valence-electron chi connectivity index (χ1n) is 13.5. The molecular formula is C28H34N8O3S. The highest BCUT2D eigenvalue weighted by Crippen LogP contribution is 2.44. The number of amides is 2. The SMILES string of the molecule is COc1cc(C)cc2cc(-c3c(CN4CCNC(=O)C4)c(CN4CCN(C(C)=O)CC4)n4ncnc(N)c34)sc12. The molecule has 0 saturated carbocycles. The van der Waals surface area contributed by atoms with Gasteiger partial charge in [-0.25, -0.2) is 9.50 Å². The number of ether oxygens (including phenoxy) is 1. The maximum Gasteiger partial charge on any atom is 0.234 e. The van der Waals surface area contributed by atoms with Gasteiger partial charge in [0.15, 0.2) is 5.82 Å². The van der Waals surface area contributed by atoms with Crippen LogP contribution in [0.1, 0.15) is 23.7 Å². The molecule has 12 heteroatoms. The highest BCUT2D eigenvalue weighted by atomic mass is 32.1. The maximum absolute atomic E-state index is 12.3. The molecule has 0 unspecified atom stereocenters. The van der Waals surface area contributed by atoms with Gasteiger partial charge in [-0.05, 0) is 30.0 Å². The van der Waals surface area contributed by atoms with Gasteiger partial charge in [-0.2, -0.15) is 5.10 Å². The van der Waals surface area contributed by atoms with Crippen LogP contribution in [-0.2, 0) is 22.7 Å². The minimum Gasteiger partial charge on any atom is -0.495 e. The molecule has 3 N–H and O–H groups in total. The number of fused-ring (bicyclic) bond motifs is 2.